The smallest absolute Gasteiger partial charge is 0.166 e. The largest absolute Gasteiger partial charge is 0.507 e. The van der Waals surface area contributed by atoms with Gasteiger partial charge in [0, 0.05) is 12.5 Å². The van der Waals surface area contributed by atoms with Gasteiger partial charge in [0.1, 0.15) is 11.5 Å². The van der Waals surface area contributed by atoms with Crippen LogP contribution in [0, 0.1) is 0 Å². The maximum Gasteiger partial charge on any atom is 0.166 e. The van der Waals surface area contributed by atoms with Crippen LogP contribution in [0.25, 0.3) is 0 Å². The molecule has 1 aromatic carbocycles. The van der Waals surface area contributed by atoms with Crippen molar-refractivity contribution in [2.45, 2.75) is 19.8 Å². The van der Waals surface area contributed by atoms with E-state index in [2.05, 4.69) is 0 Å². The van der Waals surface area contributed by atoms with E-state index in [1.165, 1.54) is 19.2 Å². The zero-order valence-corrected chi connectivity index (χ0v) is 10.5. The Labute approximate surface area is 106 Å². The van der Waals surface area contributed by atoms with Crippen molar-refractivity contribution < 1.29 is 19.4 Å². The van der Waals surface area contributed by atoms with Crippen LogP contribution in [0.4, 0.5) is 0 Å². The minimum atomic E-state index is -0.198. The number of ether oxygens (including phenoxy) is 1. The van der Waals surface area contributed by atoms with Crippen molar-refractivity contribution in [2.24, 2.45) is 0 Å². The van der Waals surface area contributed by atoms with Crippen molar-refractivity contribution in [1.82, 2.24) is 0 Å². The van der Waals surface area contributed by atoms with Crippen LogP contribution in [0.15, 0.2) is 24.3 Å². The lowest BCUT2D eigenvalue weighted by Crippen LogP contribution is -2.01. The van der Waals surface area contributed by atoms with Gasteiger partial charge in [-0.25, -0.2) is 0 Å². The lowest BCUT2D eigenvalue weighted by Gasteiger charge is -2.08. The molecule has 0 saturated carbocycles. The first-order valence-corrected chi connectivity index (χ1v) is 5.64. The van der Waals surface area contributed by atoms with Crippen LogP contribution >= 0.6 is 0 Å². The van der Waals surface area contributed by atoms with E-state index in [-0.39, 0.29) is 28.4 Å². The molecule has 0 heterocycles. The van der Waals surface area contributed by atoms with E-state index in [0.29, 0.717) is 19.1 Å². The molecule has 1 rings (SSSR count). The number of allylic oxidation sites excluding steroid dienone is 2. The van der Waals surface area contributed by atoms with E-state index in [0.717, 1.165) is 0 Å². The highest BCUT2D eigenvalue weighted by molar-refractivity contribution is 6.00. The van der Waals surface area contributed by atoms with Crippen molar-refractivity contribution in [2.75, 3.05) is 7.11 Å². The number of hydrogen-bond donors (Lipinski definition) is 1. The van der Waals surface area contributed by atoms with E-state index in [4.69, 9.17) is 4.74 Å². The highest BCUT2D eigenvalue weighted by Gasteiger charge is 2.15. The zero-order valence-electron chi connectivity index (χ0n) is 10.5. The Hall–Kier alpha value is -2.10. The molecule has 0 fully saturated rings. The Bertz CT molecular complexity index is 475. The molecule has 0 atom stereocenters. The van der Waals surface area contributed by atoms with Gasteiger partial charge >= 0.3 is 0 Å². The summed E-state index contributed by atoms with van der Waals surface area (Å²) in [6.45, 7) is 1.87. The van der Waals surface area contributed by atoms with E-state index in [1.807, 2.05) is 19.1 Å². The number of hydrogen-bond acceptors (Lipinski definition) is 4. The second kappa shape index (κ2) is 6.59. The van der Waals surface area contributed by atoms with Gasteiger partial charge in [-0.2, -0.15) is 0 Å². The monoisotopic (exact) mass is 248 g/mol. The highest BCUT2D eigenvalue weighted by Crippen LogP contribution is 2.28. The van der Waals surface area contributed by atoms with E-state index < -0.39 is 0 Å². The van der Waals surface area contributed by atoms with Crippen LogP contribution in [0.5, 0.6) is 11.5 Å². The van der Waals surface area contributed by atoms with Crippen LogP contribution < -0.4 is 4.74 Å². The molecule has 0 saturated heterocycles. The molecule has 0 spiro atoms. The fraction of sp³-hybridized carbons (Fsp3) is 0.286. The first-order valence-electron chi connectivity index (χ1n) is 5.64. The van der Waals surface area contributed by atoms with Gasteiger partial charge in [-0.15, -0.1) is 0 Å². The van der Waals surface area contributed by atoms with Crippen molar-refractivity contribution in [3.63, 3.8) is 0 Å². The van der Waals surface area contributed by atoms with Crippen molar-refractivity contribution in [1.29, 1.82) is 0 Å². The summed E-state index contributed by atoms with van der Waals surface area (Å²) >= 11 is 0. The number of aldehydes is 1. The van der Waals surface area contributed by atoms with Crippen molar-refractivity contribution >= 4 is 12.1 Å². The molecular weight excluding hydrogens is 232 g/mol. The number of benzene rings is 1. The van der Waals surface area contributed by atoms with E-state index in [9.17, 15) is 14.7 Å². The third-order valence-electron chi connectivity index (χ3n) is 2.55. The summed E-state index contributed by atoms with van der Waals surface area (Å²) in [7, 11) is 1.40. The summed E-state index contributed by atoms with van der Waals surface area (Å²) in [6, 6.07) is 2.64. The molecule has 0 radical (unpaired) electrons. The number of phenols is 1. The summed E-state index contributed by atoms with van der Waals surface area (Å²) in [6.07, 6.45) is 5.23. The zero-order chi connectivity index (χ0) is 13.5. The van der Waals surface area contributed by atoms with E-state index in [1.54, 1.807) is 0 Å². The minimum absolute atomic E-state index is 0.155. The molecule has 0 amide bonds. The quantitative estimate of drug-likeness (QED) is 0.477. The number of ketones is 1. The van der Waals surface area contributed by atoms with Crippen LogP contribution in [0.1, 0.15) is 40.5 Å². The number of Topliss-reactive ketones (excluding diaryl/α,β-unsaturated/α-hetero) is 1. The fourth-order valence-electron chi connectivity index (χ4n) is 1.59. The van der Waals surface area contributed by atoms with Gasteiger partial charge in [-0.1, -0.05) is 12.2 Å². The first kappa shape index (κ1) is 14.0. The Kier molecular flexibility index (Phi) is 5.11. The lowest BCUT2D eigenvalue weighted by molar-refractivity contribution is 0.0981. The summed E-state index contributed by atoms with van der Waals surface area (Å²) < 4.78 is 4.94. The van der Waals surface area contributed by atoms with Gasteiger partial charge in [-0.3, -0.25) is 9.59 Å². The summed E-state index contributed by atoms with van der Waals surface area (Å²) in [5.74, 6) is -0.105. The van der Waals surface area contributed by atoms with Crippen LogP contribution in [-0.2, 0) is 0 Å². The third-order valence-corrected chi connectivity index (χ3v) is 2.55. The van der Waals surface area contributed by atoms with Crippen LogP contribution in [0.2, 0.25) is 0 Å². The second-order valence-corrected chi connectivity index (χ2v) is 3.76. The standard InChI is InChI=1S/C14H16O4/c1-3-4-5-6-12(16)11-7-10(9-15)14(18-2)8-13(11)17/h3-4,7-9,17H,5-6H2,1-2H3/b4-3+. The molecular formula is C14H16O4. The summed E-state index contributed by atoms with van der Waals surface area (Å²) in [5, 5.41) is 9.73. The maximum absolute atomic E-state index is 11.9. The molecule has 0 unspecified atom stereocenters. The summed E-state index contributed by atoms with van der Waals surface area (Å²) in [4.78, 5) is 22.7. The molecule has 0 aliphatic rings. The second-order valence-electron chi connectivity index (χ2n) is 3.76. The van der Waals surface area contributed by atoms with Crippen LogP contribution in [0.3, 0.4) is 0 Å². The Balaban J connectivity index is 3.01. The maximum atomic E-state index is 11.9. The third kappa shape index (κ3) is 3.20. The SMILES string of the molecule is C/C=C/CCC(=O)c1cc(C=O)c(OC)cc1O. The Morgan fingerprint density at radius 1 is 1.44 bits per heavy atom. The van der Waals surface area contributed by atoms with Gasteiger partial charge in [-0.05, 0) is 19.4 Å². The van der Waals surface area contributed by atoms with Gasteiger partial charge < -0.3 is 9.84 Å². The average Bonchev–Trinajstić information content (AvgIpc) is 2.38. The average molecular weight is 248 g/mol. The predicted octanol–water partition coefficient (Wildman–Crippen LogP) is 2.75. The Morgan fingerprint density at radius 2 is 2.17 bits per heavy atom. The fourth-order valence-corrected chi connectivity index (χ4v) is 1.59. The van der Waals surface area contributed by atoms with Gasteiger partial charge in [0.2, 0.25) is 0 Å². The van der Waals surface area contributed by atoms with E-state index >= 15 is 0 Å². The molecule has 4 heteroatoms. The van der Waals surface area contributed by atoms with Gasteiger partial charge in [0.25, 0.3) is 0 Å². The topological polar surface area (TPSA) is 63.6 Å². The minimum Gasteiger partial charge on any atom is -0.507 e. The molecule has 0 aromatic heterocycles. The molecule has 18 heavy (non-hydrogen) atoms. The van der Waals surface area contributed by atoms with Crippen molar-refractivity contribution in [3.05, 3.63) is 35.4 Å². The molecule has 1 N–H and O–H groups in total. The predicted molar refractivity (Wildman–Crippen MR) is 68.4 cm³/mol. The first-order chi connectivity index (χ1) is 8.63. The molecule has 0 aliphatic heterocycles. The molecule has 1 aromatic rings. The van der Waals surface area contributed by atoms with Crippen molar-refractivity contribution in [3.8, 4) is 11.5 Å². The molecule has 0 aliphatic carbocycles. The number of carbonyl (C=O) groups excluding carboxylic acids is 2. The lowest BCUT2D eigenvalue weighted by atomic mass is 10.0. The number of phenolic OH excluding ortho intramolecular Hbond substituents is 1. The number of carbonyl (C=O) groups is 2. The normalized spacial score (nSPS) is 10.6. The molecule has 96 valence electrons. The highest BCUT2D eigenvalue weighted by atomic mass is 16.5. The van der Waals surface area contributed by atoms with Gasteiger partial charge in [0.05, 0.1) is 18.2 Å². The molecule has 4 nitrogen and oxygen atoms in total. The molecule has 0 bridgehead atoms. The number of methoxy groups -OCH3 is 1. The van der Waals surface area contributed by atoms with Gasteiger partial charge in [0.15, 0.2) is 12.1 Å². The number of aromatic hydroxyl groups is 1. The number of rotatable bonds is 6. The van der Waals surface area contributed by atoms with Crippen LogP contribution in [-0.4, -0.2) is 24.3 Å². The summed E-state index contributed by atoms with van der Waals surface area (Å²) in [5.41, 5.74) is 0.409. The Morgan fingerprint density at radius 3 is 2.72 bits per heavy atom.